The first-order valence-corrected chi connectivity index (χ1v) is 7.13. The molecule has 8 heteroatoms. The standard InChI is InChI=1S/C14H21N5O3/c1-11(20)19-8-7-17(9-12(19)14(22)16(2)3)13(21)10-18-6-4-5-15-18/h4-6,12H,7-10H2,1-3H3/t12-/m1/s1. The Labute approximate surface area is 129 Å². The van der Waals surface area contributed by atoms with Gasteiger partial charge >= 0.3 is 0 Å². The summed E-state index contributed by atoms with van der Waals surface area (Å²) in [7, 11) is 3.29. The summed E-state index contributed by atoms with van der Waals surface area (Å²) in [6.45, 7) is 2.59. The van der Waals surface area contributed by atoms with Gasteiger partial charge in [-0.2, -0.15) is 5.10 Å². The Bertz CT molecular complexity index is 555. The average Bonchev–Trinajstić information content (AvgIpc) is 2.98. The van der Waals surface area contributed by atoms with Crippen LogP contribution >= 0.6 is 0 Å². The van der Waals surface area contributed by atoms with Crippen LogP contribution in [0.25, 0.3) is 0 Å². The van der Waals surface area contributed by atoms with Crippen molar-refractivity contribution in [3.8, 4) is 0 Å². The minimum Gasteiger partial charge on any atom is -0.347 e. The highest BCUT2D eigenvalue weighted by molar-refractivity contribution is 5.88. The Morgan fingerprint density at radius 3 is 2.55 bits per heavy atom. The van der Waals surface area contributed by atoms with Gasteiger partial charge in [0, 0.05) is 46.5 Å². The van der Waals surface area contributed by atoms with Crippen LogP contribution in [-0.4, -0.2) is 82.0 Å². The van der Waals surface area contributed by atoms with Crippen molar-refractivity contribution in [3.63, 3.8) is 0 Å². The Hall–Kier alpha value is -2.38. The van der Waals surface area contributed by atoms with Gasteiger partial charge in [0.15, 0.2) is 0 Å². The highest BCUT2D eigenvalue weighted by atomic mass is 16.2. The maximum Gasteiger partial charge on any atom is 0.246 e. The summed E-state index contributed by atoms with van der Waals surface area (Å²) in [5.41, 5.74) is 0. The van der Waals surface area contributed by atoms with Crippen LogP contribution in [0, 0.1) is 0 Å². The number of nitrogens with zero attached hydrogens (tertiary/aromatic N) is 5. The van der Waals surface area contributed by atoms with E-state index in [1.54, 1.807) is 42.1 Å². The number of hydrogen-bond donors (Lipinski definition) is 0. The number of likely N-dealkylation sites (N-methyl/N-ethyl adjacent to an activating group) is 1. The van der Waals surface area contributed by atoms with E-state index in [1.165, 1.54) is 16.7 Å². The summed E-state index contributed by atoms with van der Waals surface area (Å²) in [6.07, 6.45) is 3.32. The van der Waals surface area contributed by atoms with Gasteiger partial charge < -0.3 is 14.7 Å². The molecule has 3 amide bonds. The average molecular weight is 307 g/mol. The fourth-order valence-electron chi connectivity index (χ4n) is 2.53. The van der Waals surface area contributed by atoms with Crippen molar-refractivity contribution in [1.29, 1.82) is 0 Å². The number of aromatic nitrogens is 2. The molecule has 8 nitrogen and oxygen atoms in total. The summed E-state index contributed by atoms with van der Waals surface area (Å²) in [5, 5.41) is 4.01. The van der Waals surface area contributed by atoms with Crippen LogP contribution < -0.4 is 0 Å². The lowest BCUT2D eigenvalue weighted by Gasteiger charge is -2.41. The summed E-state index contributed by atoms with van der Waals surface area (Å²) in [6, 6.07) is 1.13. The Morgan fingerprint density at radius 1 is 1.27 bits per heavy atom. The van der Waals surface area contributed by atoms with E-state index in [0.717, 1.165) is 0 Å². The van der Waals surface area contributed by atoms with E-state index in [0.29, 0.717) is 13.1 Å². The third kappa shape index (κ3) is 3.44. The van der Waals surface area contributed by atoms with Crippen molar-refractivity contribution in [2.24, 2.45) is 0 Å². The molecular formula is C14H21N5O3. The van der Waals surface area contributed by atoms with E-state index >= 15 is 0 Å². The van der Waals surface area contributed by atoms with Crippen molar-refractivity contribution >= 4 is 17.7 Å². The quantitative estimate of drug-likeness (QED) is 0.720. The third-order valence-electron chi connectivity index (χ3n) is 3.72. The minimum absolute atomic E-state index is 0.108. The Kier molecular flexibility index (Phi) is 4.79. The van der Waals surface area contributed by atoms with Gasteiger partial charge in [0.2, 0.25) is 17.7 Å². The van der Waals surface area contributed by atoms with Crippen molar-refractivity contribution < 1.29 is 14.4 Å². The Morgan fingerprint density at radius 2 is 2.00 bits per heavy atom. The van der Waals surface area contributed by atoms with Gasteiger partial charge in [-0.05, 0) is 6.07 Å². The number of amides is 3. The van der Waals surface area contributed by atoms with Gasteiger partial charge in [-0.1, -0.05) is 0 Å². The van der Waals surface area contributed by atoms with Crippen LogP contribution in [0.2, 0.25) is 0 Å². The fourth-order valence-corrected chi connectivity index (χ4v) is 2.53. The van der Waals surface area contributed by atoms with Gasteiger partial charge in [-0.25, -0.2) is 0 Å². The Balaban J connectivity index is 2.08. The molecule has 1 fully saturated rings. The molecule has 0 radical (unpaired) electrons. The second-order valence-electron chi connectivity index (χ2n) is 5.50. The predicted molar refractivity (Wildman–Crippen MR) is 78.7 cm³/mol. The first-order chi connectivity index (χ1) is 10.4. The van der Waals surface area contributed by atoms with E-state index in [-0.39, 0.29) is 30.8 Å². The molecule has 1 aromatic heterocycles. The van der Waals surface area contributed by atoms with Crippen LogP contribution in [0.15, 0.2) is 18.5 Å². The molecule has 1 atom stereocenters. The van der Waals surface area contributed by atoms with Crippen LogP contribution in [0.4, 0.5) is 0 Å². The number of piperazine rings is 1. The number of carbonyl (C=O) groups is 3. The smallest absolute Gasteiger partial charge is 0.246 e. The second kappa shape index (κ2) is 6.59. The van der Waals surface area contributed by atoms with Crippen molar-refractivity contribution in [2.45, 2.75) is 19.5 Å². The molecule has 1 aliphatic heterocycles. The molecule has 1 aromatic rings. The second-order valence-corrected chi connectivity index (χ2v) is 5.50. The van der Waals surface area contributed by atoms with E-state index in [2.05, 4.69) is 5.10 Å². The highest BCUT2D eigenvalue weighted by Gasteiger charge is 2.36. The molecule has 0 aromatic carbocycles. The van der Waals surface area contributed by atoms with Crippen molar-refractivity contribution in [1.82, 2.24) is 24.5 Å². The summed E-state index contributed by atoms with van der Waals surface area (Å²) >= 11 is 0. The molecule has 0 N–H and O–H groups in total. The predicted octanol–water partition coefficient (Wildman–Crippen LogP) is -0.969. The molecule has 0 bridgehead atoms. The first-order valence-electron chi connectivity index (χ1n) is 7.13. The number of hydrogen-bond acceptors (Lipinski definition) is 4. The van der Waals surface area contributed by atoms with E-state index in [9.17, 15) is 14.4 Å². The fraction of sp³-hybridized carbons (Fsp3) is 0.571. The lowest BCUT2D eigenvalue weighted by Crippen LogP contribution is -2.61. The van der Waals surface area contributed by atoms with Gasteiger partial charge in [0.05, 0.1) is 6.54 Å². The monoisotopic (exact) mass is 307 g/mol. The molecule has 22 heavy (non-hydrogen) atoms. The topological polar surface area (TPSA) is 78.8 Å². The van der Waals surface area contributed by atoms with Crippen LogP contribution in [0.3, 0.4) is 0 Å². The highest BCUT2D eigenvalue weighted by Crippen LogP contribution is 2.13. The zero-order chi connectivity index (χ0) is 16.3. The van der Waals surface area contributed by atoms with E-state index in [4.69, 9.17) is 0 Å². The molecule has 0 spiro atoms. The van der Waals surface area contributed by atoms with Crippen LogP contribution in [0.5, 0.6) is 0 Å². The molecule has 0 aliphatic carbocycles. The molecular weight excluding hydrogens is 286 g/mol. The van der Waals surface area contributed by atoms with Gasteiger partial charge in [0.1, 0.15) is 12.6 Å². The SMILES string of the molecule is CC(=O)N1CCN(C(=O)Cn2cccn2)C[C@@H]1C(=O)N(C)C. The summed E-state index contributed by atoms with van der Waals surface area (Å²) < 4.78 is 1.54. The number of carbonyl (C=O) groups excluding carboxylic acids is 3. The van der Waals surface area contributed by atoms with Crippen molar-refractivity contribution in [3.05, 3.63) is 18.5 Å². The molecule has 1 aliphatic rings. The van der Waals surface area contributed by atoms with Crippen LogP contribution in [0.1, 0.15) is 6.92 Å². The molecule has 2 rings (SSSR count). The lowest BCUT2D eigenvalue weighted by atomic mass is 10.1. The van der Waals surface area contributed by atoms with E-state index in [1.807, 2.05) is 0 Å². The summed E-state index contributed by atoms with van der Waals surface area (Å²) in [5.74, 6) is -0.436. The molecule has 120 valence electrons. The van der Waals surface area contributed by atoms with Gasteiger partial charge in [0.25, 0.3) is 0 Å². The molecule has 1 saturated heterocycles. The van der Waals surface area contributed by atoms with Crippen LogP contribution in [-0.2, 0) is 20.9 Å². The maximum absolute atomic E-state index is 12.3. The van der Waals surface area contributed by atoms with Gasteiger partial charge in [-0.15, -0.1) is 0 Å². The first kappa shape index (κ1) is 16.0. The zero-order valence-corrected chi connectivity index (χ0v) is 13.1. The summed E-state index contributed by atoms with van der Waals surface area (Å²) in [4.78, 5) is 40.9. The zero-order valence-electron chi connectivity index (χ0n) is 13.1. The van der Waals surface area contributed by atoms with Gasteiger partial charge in [-0.3, -0.25) is 19.1 Å². The normalized spacial score (nSPS) is 18.2. The third-order valence-corrected chi connectivity index (χ3v) is 3.72. The molecule has 2 heterocycles. The lowest BCUT2D eigenvalue weighted by molar-refractivity contribution is -0.150. The van der Waals surface area contributed by atoms with E-state index < -0.39 is 6.04 Å². The maximum atomic E-state index is 12.3. The molecule has 0 saturated carbocycles. The number of rotatable bonds is 3. The largest absolute Gasteiger partial charge is 0.347 e. The molecule has 0 unspecified atom stereocenters. The van der Waals surface area contributed by atoms with Crippen molar-refractivity contribution in [2.75, 3.05) is 33.7 Å². The minimum atomic E-state index is -0.622.